The molecular formula is C16H19N7O3. The van der Waals surface area contributed by atoms with E-state index in [1.807, 2.05) is 6.08 Å². The Balaban J connectivity index is 2.03. The second-order valence-corrected chi connectivity index (χ2v) is 6.82. The number of fused-ring (bicyclic) bond motifs is 1. The van der Waals surface area contributed by atoms with Crippen LogP contribution >= 0.6 is 0 Å². The van der Waals surface area contributed by atoms with Crippen LogP contribution in [-0.4, -0.2) is 49.3 Å². The summed E-state index contributed by atoms with van der Waals surface area (Å²) in [5.41, 5.74) is 9.70. The van der Waals surface area contributed by atoms with Crippen LogP contribution in [-0.2, 0) is 4.74 Å². The summed E-state index contributed by atoms with van der Waals surface area (Å²) in [7, 11) is 0. The maximum absolute atomic E-state index is 12.7. The lowest BCUT2D eigenvalue weighted by Gasteiger charge is -2.32. The number of azide groups is 1. The number of hydrogen-bond donors (Lipinski definition) is 2. The molecular weight excluding hydrogens is 338 g/mol. The van der Waals surface area contributed by atoms with Crippen LogP contribution in [0.2, 0.25) is 0 Å². The minimum atomic E-state index is -0.665. The van der Waals surface area contributed by atoms with Crippen LogP contribution in [0, 0.1) is 0 Å². The maximum atomic E-state index is 12.7. The molecule has 0 aromatic carbocycles. The molecule has 2 N–H and O–H groups in total. The Kier molecular flexibility index (Phi) is 4.54. The van der Waals surface area contributed by atoms with Crippen molar-refractivity contribution in [1.29, 1.82) is 0 Å². The number of nitrogens with zero attached hydrogens (tertiary/aromatic N) is 6. The third kappa shape index (κ3) is 3.19. The zero-order valence-corrected chi connectivity index (χ0v) is 14.6. The number of carbonyl (C=O) groups is 1. The van der Waals surface area contributed by atoms with Gasteiger partial charge in [-0.3, -0.25) is 4.90 Å². The second-order valence-electron chi connectivity index (χ2n) is 6.82. The average molecular weight is 357 g/mol. The molecule has 0 radical (unpaired) electrons. The van der Waals surface area contributed by atoms with Gasteiger partial charge in [-0.05, 0) is 31.4 Å². The fraction of sp³-hybridized carbons (Fsp3) is 0.438. The molecule has 0 unspecified atom stereocenters. The lowest BCUT2D eigenvalue weighted by molar-refractivity contribution is 0.0115. The van der Waals surface area contributed by atoms with Crippen LogP contribution in [0.5, 0.6) is 0 Å². The SMILES string of the molecule is CC(C)(C)OC(=O)N1[C@@H](c2c[nH]c3c(N=[N+]=[N-])ncnc23)C=C[C@H]1CO. The van der Waals surface area contributed by atoms with E-state index in [1.54, 1.807) is 33.0 Å². The molecule has 3 heterocycles. The average Bonchev–Trinajstić information content (AvgIpc) is 3.17. The molecule has 0 spiro atoms. The molecule has 2 aromatic heterocycles. The number of nitrogens with one attached hydrogen (secondary N) is 1. The lowest BCUT2D eigenvalue weighted by Crippen LogP contribution is -2.43. The number of hydrogen-bond acceptors (Lipinski definition) is 6. The Morgan fingerprint density at radius 2 is 2.23 bits per heavy atom. The standard InChI is InChI=1S/C16H19N7O3/c1-16(2,3)26-15(25)23-9(7-24)4-5-11(23)10-6-18-13-12(10)19-8-20-14(13)21-22-17/h4-6,8-9,11,18,24H,7H2,1-3H3/t9-,11+/m0/s1. The molecule has 136 valence electrons. The van der Waals surface area contributed by atoms with Crippen molar-refractivity contribution < 1.29 is 14.6 Å². The highest BCUT2D eigenvalue weighted by Crippen LogP contribution is 2.36. The number of carbonyl (C=O) groups excluding carboxylic acids is 1. The van der Waals surface area contributed by atoms with Gasteiger partial charge >= 0.3 is 6.09 Å². The van der Waals surface area contributed by atoms with Gasteiger partial charge in [0.15, 0.2) is 5.82 Å². The van der Waals surface area contributed by atoms with Gasteiger partial charge in [-0.2, -0.15) is 0 Å². The first kappa shape index (κ1) is 17.7. The van der Waals surface area contributed by atoms with Gasteiger partial charge in [0.05, 0.1) is 29.7 Å². The third-order valence-corrected chi connectivity index (χ3v) is 3.89. The third-order valence-electron chi connectivity index (χ3n) is 3.89. The second kappa shape index (κ2) is 6.66. The molecule has 1 aliphatic rings. The highest BCUT2D eigenvalue weighted by Gasteiger charge is 2.37. The molecule has 2 aromatic rings. The predicted molar refractivity (Wildman–Crippen MR) is 93.5 cm³/mol. The number of aromatic amines is 1. The van der Waals surface area contributed by atoms with E-state index in [0.717, 1.165) is 0 Å². The van der Waals surface area contributed by atoms with Gasteiger partial charge in [0.2, 0.25) is 0 Å². The Morgan fingerprint density at radius 3 is 2.88 bits per heavy atom. The molecule has 2 atom stereocenters. The van der Waals surface area contributed by atoms with E-state index in [-0.39, 0.29) is 12.4 Å². The number of ether oxygens (including phenoxy) is 1. The van der Waals surface area contributed by atoms with E-state index in [2.05, 4.69) is 25.0 Å². The first-order chi connectivity index (χ1) is 12.4. The Hall–Kier alpha value is -3.10. The van der Waals surface area contributed by atoms with Crippen LogP contribution in [0.15, 0.2) is 29.8 Å². The highest BCUT2D eigenvalue weighted by molar-refractivity contribution is 5.88. The molecule has 10 heteroatoms. The maximum Gasteiger partial charge on any atom is 0.411 e. The van der Waals surface area contributed by atoms with Gasteiger partial charge in [0.25, 0.3) is 0 Å². The van der Waals surface area contributed by atoms with Crippen molar-refractivity contribution in [3.05, 3.63) is 40.7 Å². The summed E-state index contributed by atoms with van der Waals surface area (Å²) in [4.78, 5) is 28.1. The predicted octanol–water partition coefficient (Wildman–Crippen LogP) is 3.11. The zero-order valence-electron chi connectivity index (χ0n) is 14.6. The monoisotopic (exact) mass is 357 g/mol. The van der Waals surface area contributed by atoms with Gasteiger partial charge in [-0.25, -0.2) is 14.8 Å². The molecule has 1 aliphatic heterocycles. The largest absolute Gasteiger partial charge is 0.444 e. The molecule has 0 saturated carbocycles. The van der Waals surface area contributed by atoms with Gasteiger partial charge in [-0.1, -0.05) is 12.2 Å². The first-order valence-corrected chi connectivity index (χ1v) is 8.03. The minimum Gasteiger partial charge on any atom is -0.444 e. The first-order valence-electron chi connectivity index (χ1n) is 8.03. The van der Waals surface area contributed by atoms with E-state index in [1.165, 1.54) is 11.2 Å². The molecule has 0 fully saturated rings. The van der Waals surface area contributed by atoms with Crippen molar-refractivity contribution in [2.45, 2.75) is 38.5 Å². The number of rotatable bonds is 3. The molecule has 0 saturated heterocycles. The number of aromatic nitrogens is 3. The fourth-order valence-corrected chi connectivity index (χ4v) is 2.88. The van der Waals surface area contributed by atoms with Crippen molar-refractivity contribution in [2.75, 3.05) is 6.61 Å². The normalized spacial score (nSPS) is 19.6. The van der Waals surface area contributed by atoms with Gasteiger partial charge in [-0.15, -0.1) is 0 Å². The molecule has 0 bridgehead atoms. The van der Waals surface area contributed by atoms with Gasteiger partial charge < -0.3 is 14.8 Å². The van der Waals surface area contributed by atoms with Gasteiger partial charge in [0, 0.05) is 16.7 Å². The van der Waals surface area contributed by atoms with Crippen LogP contribution < -0.4 is 0 Å². The zero-order chi connectivity index (χ0) is 18.9. The van der Waals surface area contributed by atoms with E-state index in [9.17, 15) is 9.90 Å². The van der Waals surface area contributed by atoms with Crippen molar-refractivity contribution in [3.8, 4) is 0 Å². The molecule has 10 nitrogen and oxygen atoms in total. The van der Waals surface area contributed by atoms with E-state index >= 15 is 0 Å². The Morgan fingerprint density at radius 1 is 1.46 bits per heavy atom. The topological polar surface area (TPSA) is 140 Å². The number of aliphatic hydroxyl groups excluding tert-OH is 1. The minimum absolute atomic E-state index is 0.174. The van der Waals surface area contributed by atoms with E-state index in [4.69, 9.17) is 10.3 Å². The fourth-order valence-electron chi connectivity index (χ4n) is 2.88. The quantitative estimate of drug-likeness (QED) is 0.376. The van der Waals surface area contributed by atoms with Crippen molar-refractivity contribution >= 4 is 22.9 Å². The van der Waals surface area contributed by atoms with Crippen molar-refractivity contribution in [1.82, 2.24) is 19.9 Å². The van der Waals surface area contributed by atoms with Crippen LogP contribution in [0.1, 0.15) is 32.4 Å². The van der Waals surface area contributed by atoms with E-state index < -0.39 is 23.8 Å². The molecule has 1 amide bonds. The summed E-state index contributed by atoms with van der Waals surface area (Å²) in [5, 5.41) is 13.2. The summed E-state index contributed by atoms with van der Waals surface area (Å²) in [6.45, 7) is 5.11. The van der Waals surface area contributed by atoms with Gasteiger partial charge in [0.1, 0.15) is 11.9 Å². The molecule has 3 rings (SSSR count). The summed E-state index contributed by atoms with van der Waals surface area (Å²) in [6.07, 6.45) is 6.00. The summed E-state index contributed by atoms with van der Waals surface area (Å²) >= 11 is 0. The smallest absolute Gasteiger partial charge is 0.411 e. The Bertz CT molecular complexity index is 908. The van der Waals surface area contributed by atoms with E-state index in [0.29, 0.717) is 16.6 Å². The van der Waals surface area contributed by atoms with Crippen LogP contribution in [0.3, 0.4) is 0 Å². The summed E-state index contributed by atoms with van der Waals surface area (Å²) < 4.78 is 5.48. The number of amides is 1. The molecule has 26 heavy (non-hydrogen) atoms. The summed E-state index contributed by atoms with van der Waals surface area (Å²) in [6, 6.07) is -0.984. The number of aliphatic hydroxyl groups is 1. The molecule has 0 aliphatic carbocycles. The summed E-state index contributed by atoms with van der Waals surface area (Å²) in [5.74, 6) is 0.174. The van der Waals surface area contributed by atoms with Crippen molar-refractivity contribution in [3.63, 3.8) is 0 Å². The lowest BCUT2D eigenvalue weighted by atomic mass is 10.1. The highest BCUT2D eigenvalue weighted by atomic mass is 16.6. The van der Waals surface area contributed by atoms with Crippen LogP contribution in [0.4, 0.5) is 10.6 Å². The van der Waals surface area contributed by atoms with Crippen LogP contribution in [0.25, 0.3) is 21.5 Å². The number of H-pyrrole nitrogens is 1. The van der Waals surface area contributed by atoms with Crippen molar-refractivity contribution in [2.24, 2.45) is 5.11 Å². The Labute approximate surface area is 149 Å².